The van der Waals surface area contributed by atoms with Crippen molar-refractivity contribution in [1.29, 1.82) is 5.26 Å². The summed E-state index contributed by atoms with van der Waals surface area (Å²) in [6, 6.07) is 2.75. The summed E-state index contributed by atoms with van der Waals surface area (Å²) in [5.41, 5.74) is 0. The van der Waals surface area contributed by atoms with Crippen LogP contribution in [0.3, 0.4) is 0 Å². The molecule has 2 nitrogen and oxygen atoms in total. The second kappa shape index (κ2) is 2.84. The maximum atomic E-state index is 8.37. The number of likely N-dealkylation sites (tertiary alicyclic amines) is 1. The van der Waals surface area contributed by atoms with Crippen molar-refractivity contribution in [2.45, 2.75) is 25.3 Å². The first-order valence-corrected chi connectivity index (χ1v) is 3.42. The van der Waals surface area contributed by atoms with Gasteiger partial charge in [0.05, 0.1) is 12.5 Å². The van der Waals surface area contributed by atoms with E-state index in [1.807, 2.05) is 0 Å². The zero-order valence-electron chi connectivity index (χ0n) is 5.80. The second-order valence-electron chi connectivity index (χ2n) is 2.64. The van der Waals surface area contributed by atoms with Crippen molar-refractivity contribution >= 4 is 0 Å². The standard InChI is InChI=1S/C7H12N2/c1-9-6-2-3-7(9)4-5-8/h7H,2-4,6H2,1H3/t7-/m1/s1. The van der Waals surface area contributed by atoms with Crippen molar-refractivity contribution in [3.8, 4) is 6.07 Å². The Balaban J connectivity index is 2.33. The first-order valence-electron chi connectivity index (χ1n) is 3.42. The molecule has 1 aliphatic rings. The van der Waals surface area contributed by atoms with Gasteiger partial charge in [0.1, 0.15) is 0 Å². The molecule has 0 bridgehead atoms. The average Bonchev–Trinajstić information content (AvgIpc) is 2.18. The first kappa shape index (κ1) is 6.57. The summed E-state index contributed by atoms with van der Waals surface area (Å²) in [5, 5.41) is 8.37. The normalized spacial score (nSPS) is 28.2. The van der Waals surface area contributed by atoms with Crippen LogP contribution in [0.25, 0.3) is 0 Å². The SMILES string of the molecule is CN1CCC[C@@H]1CC#N. The van der Waals surface area contributed by atoms with E-state index in [1.165, 1.54) is 19.4 Å². The third-order valence-electron chi connectivity index (χ3n) is 2.00. The topological polar surface area (TPSA) is 27.0 Å². The van der Waals surface area contributed by atoms with E-state index >= 15 is 0 Å². The quantitative estimate of drug-likeness (QED) is 0.521. The predicted molar refractivity (Wildman–Crippen MR) is 35.9 cm³/mol. The van der Waals surface area contributed by atoms with E-state index in [-0.39, 0.29) is 0 Å². The lowest BCUT2D eigenvalue weighted by Gasteiger charge is -2.14. The predicted octanol–water partition coefficient (Wildman–Crippen LogP) is 0.994. The molecule has 1 heterocycles. The fourth-order valence-corrected chi connectivity index (χ4v) is 1.34. The summed E-state index contributed by atoms with van der Waals surface area (Å²) in [6.45, 7) is 1.17. The van der Waals surface area contributed by atoms with E-state index in [0.29, 0.717) is 12.5 Å². The van der Waals surface area contributed by atoms with Gasteiger partial charge in [0.15, 0.2) is 0 Å². The molecule has 1 fully saturated rings. The monoisotopic (exact) mass is 124 g/mol. The van der Waals surface area contributed by atoms with Crippen LogP contribution in [0.1, 0.15) is 19.3 Å². The number of hydrogen-bond donors (Lipinski definition) is 0. The van der Waals surface area contributed by atoms with Crippen LogP contribution in [0.5, 0.6) is 0 Å². The van der Waals surface area contributed by atoms with E-state index in [1.54, 1.807) is 0 Å². The molecule has 50 valence electrons. The third-order valence-corrected chi connectivity index (χ3v) is 2.00. The molecule has 0 saturated carbocycles. The molecule has 0 N–H and O–H groups in total. The number of nitriles is 1. The molecule has 0 aromatic heterocycles. The Morgan fingerprint density at radius 3 is 3.00 bits per heavy atom. The van der Waals surface area contributed by atoms with Crippen molar-refractivity contribution in [2.75, 3.05) is 13.6 Å². The zero-order valence-corrected chi connectivity index (χ0v) is 5.80. The lowest BCUT2D eigenvalue weighted by Crippen LogP contribution is -2.23. The lowest BCUT2D eigenvalue weighted by molar-refractivity contribution is 0.315. The van der Waals surface area contributed by atoms with Crippen LogP contribution in [0.2, 0.25) is 0 Å². The van der Waals surface area contributed by atoms with Crippen molar-refractivity contribution in [3.05, 3.63) is 0 Å². The van der Waals surface area contributed by atoms with Gasteiger partial charge in [-0.05, 0) is 26.4 Å². The summed E-state index contributed by atoms with van der Waals surface area (Å²) in [6.07, 6.45) is 3.18. The van der Waals surface area contributed by atoms with E-state index in [0.717, 1.165) is 0 Å². The Kier molecular flexibility index (Phi) is 2.07. The van der Waals surface area contributed by atoms with Crippen LogP contribution in [0.15, 0.2) is 0 Å². The molecule has 0 unspecified atom stereocenters. The molecule has 0 radical (unpaired) electrons. The highest BCUT2D eigenvalue weighted by atomic mass is 15.1. The van der Waals surface area contributed by atoms with Gasteiger partial charge in [0.2, 0.25) is 0 Å². The molecule has 0 spiro atoms. The molecule has 1 atom stereocenters. The largest absolute Gasteiger partial charge is 0.302 e. The molecule has 0 aromatic carbocycles. The minimum atomic E-state index is 0.551. The Labute approximate surface area is 56.1 Å². The smallest absolute Gasteiger partial charge is 0.0638 e. The summed E-state index contributed by atoms with van der Waals surface area (Å²) >= 11 is 0. The fraction of sp³-hybridized carbons (Fsp3) is 0.857. The highest BCUT2D eigenvalue weighted by molar-refractivity contribution is 4.85. The van der Waals surface area contributed by atoms with Gasteiger partial charge < -0.3 is 4.90 Å². The van der Waals surface area contributed by atoms with Gasteiger partial charge in [-0.15, -0.1) is 0 Å². The highest BCUT2D eigenvalue weighted by Gasteiger charge is 2.19. The summed E-state index contributed by atoms with van der Waals surface area (Å²) < 4.78 is 0. The van der Waals surface area contributed by atoms with Gasteiger partial charge in [-0.3, -0.25) is 0 Å². The molecule has 1 rings (SSSR count). The number of nitrogens with zero attached hydrogens (tertiary/aromatic N) is 2. The molecule has 0 amide bonds. The van der Waals surface area contributed by atoms with Gasteiger partial charge in [-0.2, -0.15) is 5.26 Å². The third kappa shape index (κ3) is 1.43. The van der Waals surface area contributed by atoms with Crippen molar-refractivity contribution in [1.82, 2.24) is 4.90 Å². The van der Waals surface area contributed by atoms with Gasteiger partial charge in [0.25, 0.3) is 0 Å². The van der Waals surface area contributed by atoms with Gasteiger partial charge >= 0.3 is 0 Å². The van der Waals surface area contributed by atoms with E-state index in [2.05, 4.69) is 18.0 Å². The van der Waals surface area contributed by atoms with E-state index in [4.69, 9.17) is 5.26 Å². The van der Waals surface area contributed by atoms with Gasteiger partial charge in [0, 0.05) is 6.04 Å². The number of hydrogen-bond acceptors (Lipinski definition) is 2. The minimum Gasteiger partial charge on any atom is -0.302 e. The van der Waals surface area contributed by atoms with Crippen molar-refractivity contribution < 1.29 is 0 Å². The van der Waals surface area contributed by atoms with Crippen LogP contribution in [0, 0.1) is 11.3 Å². The van der Waals surface area contributed by atoms with E-state index in [9.17, 15) is 0 Å². The summed E-state index contributed by atoms with van der Waals surface area (Å²) in [7, 11) is 2.09. The second-order valence-corrected chi connectivity index (χ2v) is 2.64. The molecule has 2 heteroatoms. The minimum absolute atomic E-state index is 0.551. The molecule has 1 aliphatic heterocycles. The number of rotatable bonds is 1. The summed E-state index contributed by atoms with van der Waals surface area (Å²) in [5.74, 6) is 0. The molecule has 0 aliphatic carbocycles. The summed E-state index contributed by atoms with van der Waals surface area (Å²) in [4.78, 5) is 2.27. The molecular weight excluding hydrogens is 112 g/mol. The fourth-order valence-electron chi connectivity index (χ4n) is 1.34. The maximum Gasteiger partial charge on any atom is 0.0638 e. The van der Waals surface area contributed by atoms with Crippen LogP contribution in [-0.2, 0) is 0 Å². The Morgan fingerprint density at radius 2 is 2.56 bits per heavy atom. The van der Waals surface area contributed by atoms with Crippen molar-refractivity contribution in [3.63, 3.8) is 0 Å². The molecule has 0 aromatic rings. The van der Waals surface area contributed by atoms with Crippen LogP contribution in [-0.4, -0.2) is 24.5 Å². The van der Waals surface area contributed by atoms with Gasteiger partial charge in [-0.25, -0.2) is 0 Å². The Bertz CT molecular complexity index is 125. The zero-order chi connectivity index (χ0) is 6.69. The van der Waals surface area contributed by atoms with Crippen LogP contribution < -0.4 is 0 Å². The Hall–Kier alpha value is -0.550. The maximum absolute atomic E-state index is 8.37. The molecule has 9 heavy (non-hydrogen) atoms. The molecule has 1 saturated heterocycles. The first-order chi connectivity index (χ1) is 4.34. The highest BCUT2D eigenvalue weighted by Crippen LogP contribution is 2.16. The lowest BCUT2D eigenvalue weighted by atomic mass is 10.2. The van der Waals surface area contributed by atoms with Crippen LogP contribution >= 0.6 is 0 Å². The van der Waals surface area contributed by atoms with Crippen molar-refractivity contribution in [2.24, 2.45) is 0 Å². The Morgan fingerprint density at radius 1 is 1.78 bits per heavy atom. The molecular formula is C7H12N2. The van der Waals surface area contributed by atoms with Crippen LogP contribution in [0.4, 0.5) is 0 Å². The van der Waals surface area contributed by atoms with Gasteiger partial charge in [-0.1, -0.05) is 0 Å². The average molecular weight is 124 g/mol. The van der Waals surface area contributed by atoms with E-state index < -0.39 is 0 Å².